The van der Waals surface area contributed by atoms with Crippen LogP contribution in [0.4, 0.5) is 0 Å². The molecule has 3 rings (SSSR count). The Hall–Kier alpha value is -2.32. The lowest BCUT2D eigenvalue weighted by Crippen LogP contribution is -2.54. The van der Waals surface area contributed by atoms with E-state index in [4.69, 9.17) is 19.3 Å². The Morgan fingerprint density at radius 2 is 2.08 bits per heavy atom. The minimum Gasteiger partial charge on any atom is -0.485 e. The number of carbonyl (C=O) groups excluding carboxylic acids is 1. The minimum absolute atomic E-state index is 0.0653. The Kier molecular flexibility index (Phi) is 5.40. The molecule has 0 bridgehead atoms. The number of carboxylic acids is 1. The number of morpholine rings is 1. The van der Waals surface area contributed by atoms with E-state index in [-0.39, 0.29) is 25.2 Å². The fraction of sp³-hybridized carbons (Fsp3) is 0.529. The molecular weight excluding hydrogens is 328 g/mol. The average molecular weight is 350 g/mol. The molecule has 2 heterocycles. The van der Waals surface area contributed by atoms with Crippen LogP contribution in [-0.2, 0) is 14.3 Å². The van der Waals surface area contributed by atoms with Gasteiger partial charge in [0.05, 0.1) is 19.3 Å². The van der Waals surface area contributed by atoms with Crippen molar-refractivity contribution in [1.29, 1.82) is 0 Å². The third-order valence-electron chi connectivity index (χ3n) is 4.15. The maximum absolute atomic E-state index is 12.7. The quantitative estimate of drug-likeness (QED) is 0.804. The number of benzene rings is 1. The molecule has 0 spiro atoms. The highest BCUT2D eigenvalue weighted by atomic mass is 16.6. The van der Waals surface area contributed by atoms with E-state index in [0.29, 0.717) is 37.7 Å². The van der Waals surface area contributed by atoms with Crippen molar-refractivity contribution in [1.82, 2.24) is 9.80 Å². The van der Waals surface area contributed by atoms with Gasteiger partial charge in [-0.25, -0.2) is 0 Å². The van der Waals surface area contributed by atoms with Crippen LogP contribution in [-0.4, -0.2) is 85.4 Å². The molecule has 2 aliphatic heterocycles. The Bertz CT molecular complexity index is 637. The van der Waals surface area contributed by atoms with Crippen LogP contribution in [0.25, 0.3) is 0 Å². The highest BCUT2D eigenvalue weighted by Crippen LogP contribution is 2.31. The molecule has 1 fully saturated rings. The minimum atomic E-state index is -0.891. The van der Waals surface area contributed by atoms with Gasteiger partial charge in [0.15, 0.2) is 11.5 Å². The fourth-order valence-electron chi connectivity index (χ4n) is 3.02. The molecule has 2 unspecified atom stereocenters. The zero-order valence-electron chi connectivity index (χ0n) is 14.1. The standard InChI is InChI=1S/C17H22N2O6/c1-18(10-16(20)21)8-12-9-19(6-7-23-12)17(22)15-11-24-13-4-2-3-5-14(13)25-15/h2-5,12,15H,6-11H2,1H3,(H,20,21). The van der Waals surface area contributed by atoms with Gasteiger partial charge in [-0.1, -0.05) is 12.1 Å². The number of hydrogen-bond acceptors (Lipinski definition) is 6. The van der Waals surface area contributed by atoms with Crippen molar-refractivity contribution in [2.75, 3.05) is 46.4 Å². The summed E-state index contributed by atoms with van der Waals surface area (Å²) in [5.41, 5.74) is 0. The topological polar surface area (TPSA) is 88.5 Å². The number of fused-ring (bicyclic) bond motifs is 1. The van der Waals surface area contributed by atoms with Gasteiger partial charge >= 0.3 is 5.97 Å². The summed E-state index contributed by atoms with van der Waals surface area (Å²) in [7, 11) is 1.72. The third kappa shape index (κ3) is 4.40. The number of ether oxygens (including phenoxy) is 3. The van der Waals surface area contributed by atoms with Crippen molar-refractivity contribution in [3.63, 3.8) is 0 Å². The molecule has 1 aromatic rings. The smallest absolute Gasteiger partial charge is 0.317 e. The van der Waals surface area contributed by atoms with E-state index in [2.05, 4.69) is 0 Å². The van der Waals surface area contributed by atoms with E-state index in [1.54, 1.807) is 29.0 Å². The molecule has 25 heavy (non-hydrogen) atoms. The monoisotopic (exact) mass is 350 g/mol. The van der Waals surface area contributed by atoms with E-state index in [1.165, 1.54) is 0 Å². The number of hydrogen-bond donors (Lipinski definition) is 1. The van der Waals surface area contributed by atoms with Crippen LogP contribution < -0.4 is 9.47 Å². The van der Waals surface area contributed by atoms with Gasteiger partial charge in [-0.2, -0.15) is 0 Å². The zero-order valence-corrected chi connectivity index (χ0v) is 14.1. The average Bonchev–Trinajstić information content (AvgIpc) is 2.60. The van der Waals surface area contributed by atoms with Gasteiger partial charge in [-0.05, 0) is 19.2 Å². The Labute approximate surface area is 145 Å². The van der Waals surface area contributed by atoms with Crippen molar-refractivity contribution in [3.05, 3.63) is 24.3 Å². The molecule has 0 radical (unpaired) electrons. The molecule has 0 aliphatic carbocycles. The number of aliphatic carboxylic acids is 1. The first-order valence-corrected chi connectivity index (χ1v) is 8.22. The number of rotatable bonds is 5. The second-order valence-corrected chi connectivity index (χ2v) is 6.23. The van der Waals surface area contributed by atoms with Crippen LogP contribution in [0.15, 0.2) is 24.3 Å². The molecule has 0 saturated carbocycles. The van der Waals surface area contributed by atoms with Crippen LogP contribution in [0.5, 0.6) is 11.5 Å². The van der Waals surface area contributed by atoms with E-state index < -0.39 is 12.1 Å². The van der Waals surface area contributed by atoms with Gasteiger partial charge in [0, 0.05) is 19.6 Å². The first-order chi connectivity index (χ1) is 12.0. The number of carboxylic acid groups (broad SMARTS) is 1. The third-order valence-corrected chi connectivity index (χ3v) is 4.15. The predicted octanol–water partition coefficient (Wildman–Crippen LogP) is 0.0702. The Balaban J connectivity index is 1.56. The lowest BCUT2D eigenvalue weighted by atomic mass is 10.2. The molecule has 0 aromatic heterocycles. The Morgan fingerprint density at radius 1 is 1.32 bits per heavy atom. The summed E-state index contributed by atoms with van der Waals surface area (Å²) < 4.78 is 17.0. The van der Waals surface area contributed by atoms with Crippen molar-refractivity contribution in [2.24, 2.45) is 0 Å². The van der Waals surface area contributed by atoms with Crippen molar-refractivity contribution < 1.29 is 28.9 Å². The fourth-order valence-corrected chi connectivity index (χ4v) is 3.02. The summed E-state index contributed by atoms with van der Waals surface area (Å²) in [5.74, 6) is 0.182. The van der Waals surface area contributed by atoms with Crippen LogP contribution in [0.3, 0.4) is 0 Å². The summed E-state index contributed by atoms with van der Waals surface area (Å²) in [5, 5.41) is 8.83. The SMILES string of the molecule is CN(CC(=O)O)CC1CN(C(=O)C2COc3ccccc3O2)CCO1. The molecule has 1 N–H and O–H groups in total. The molecule has 2 atom stereocenters. The Morgan fingerprint density at radius 3 is 2.84 bits per heavy atom. The van der Waals surface area contributed by atoms with Crippen molar-refractivity contribution in [3.8, 4) is 11.5 Å². The normalized spacial score (nSPS) is 22.7. The molecule has 1 aromatic carbocycles. The van der Waals surface area contributed by atoms with Crippen molar-refractivity contribution in [2.45, 2.75) is 12.2 Å². The summed E-state index contributed by atoms with van der Waals surface area (Å²) in [4.78, 5) is 26.8. The second-order valence-electron chi connectivity index (χ2n) is 6.23. The number of nitrogens with zero attached hydrogens (tertiary/aromatic N) is 2. The van der Waals surface area contributed by atoms with E-state index >= 15 is 0 Å². The number of amides is 1. The largest absolute Gasteiger partial charge is 0.485 e. The first kappa shape index (κ1) is 17.5. The summed E-state index contributed by atoms with van der Waals surface area (Å²) >= 11 is 0. The van der Waals surface area contributed by atoms with Gasteiger partial charge in [-0.15, -0.1) is 0 Å². The molecule has 8 nitrogen and oxygen atoms in total. The highest BCUT2D eigenvalue weighted by molar-refractivity contribution is 5.82. The van der Waals surface area contributed by atoms with Crippen LogP contribution in [0, 0.1) is 0 Å². The maximum atomic E-state index is 12.7. The highest BCUT2D eigenvalue weighted by Gasteiger charge is 2.34. The maximum Gasteiger partial charge on any atom is 0.317 e. The van der Waals surface area contributed by atoms with Gasteiger partial charge in [0.1, 0.15) is 6.61 Å². The molecule has 8 heteroatoms. The first-order valence-electron chi connectivity index (χ1n) is 8.22. The molecular formula is C17H22N2O6. The van der Waals surface area contributed by atoms with Gasteiger partial charge < -0.3 is 24.2 Å². The second kappa shape index (κ2) is 7.71. The van der Waals surface area contributed by atoms with Gasteiger partial charge in [0.2, 0.25) is 6.10 Å². The number of likely N-dealkylation sites (N-methyl/N-ethyl adjacent to an activating group) is 1. The van der Waals surface area contributed by atoms with Gasteiger partial charge in [-0.3, -0.25) is 14.5 Å². The molecule has 2 aliphatic rings. The van der Waals surface area contributed by atoms with Crippen LogP contribution in [0.1, 0.15) is 0 Å². The predicted molar refractivity (Wildman–Crippen MR) is 87.8 cm³/mol. The summed E-state index contributed by atoms with van der Waals surface area (Å²) in [6.07, 6.45) is -0.899. The lowest BCUT2D eigenvalue weighted by Gasteiger charge is -2.37. The van der Waals surface area contributed by atoms with Gasteiger partial charge in [0.25, 0.3) is 5.91 Å². The zero-order chi connectivity index (χ0) is 17.8. The lowest BCUT2D eigenvalue weighted by molar-refractivity contribution is -0.150. The van der Waals surface area contributed by atoms with E-state index in [1.807, 2.05) is 12.1 Å². The van der Waals surface area contributed by atoms with E-state index in [0.717, 1.165) is 0 Å². The number of para-hydroxylation sites is 2. The molecule has 1 saturated heterocycles. The summed E-state index contributed by atoms with van der Waals surface area (Å²) in [6.45, 7) is 1.87. The number of carbonyl (C=O) groups is 2. The van der Waals surface area contributed by atoms with Crippen molar-refractivity contribution >= 4 is 11.9 Å². The van der Waals surface area contributed by atoms with E-state index in [9.17, 15) is 9.59 Å². The molecule has 1 amide bonds. The summed E-state index contributed by atoms with van der Waals surface area (Å²) in [6, 6.07) is 7.26. The van der Waals surface area contributed by atoms with Crippen LogP contribution >= 0.6 is 0 Å². The molecule has 136 valence electrons. The van der Waals surface area contributed by atoms with Crippen LogP contribution in [0.2, 0.25) is 0 Å².